The van der Waals surface area contributed by atoms with Gasteiger partial charge in [-0.05, 0) is 37.5 Å². The summed E-state index contributed by atoms with van der Waals surface area (Å²) in [6, 6.07) is 3.89. The molecule has 18 heavy (non-hydrogen) atoms. The smallest absolute Gasteiger partial charge is 0.203 e. The lowest BCUT2D eigenvalue weighted by atomic mass is 9.84. The van der Waals surface area contributed by atoms with Crippen molar-refractivity contribution in [2.75, 3.05) is 21.3 Å². The largest absolute Gasteiger partial charge is 0.493 e. The summed E-state index contributed by atoms with van der Waals surface area (Å²) in [6.07, 6.45) is 0. The lowest BCUT2D eigenvalue weighted by Crippen LogP contribution is -2.37. The summed E-state index contributed by atoms with van der Waals surface area (Å²) < 4.78 is 16.0. The molecule has 0 aliphatic rings. The van der Waals surface area contributed by atoms with Crippen LogP contribution in [0.15, 0.2) is 12.1 Å². The monoisotopic (exact) mass is 253 g/mol. The second-order valence-corrected chi connectivity index (χ2v) is 5.00. The summed E-state index contributed by atoms with van der Waals surface area (Å²) in [4.78, 5) is 0. The first-order valence-corrected chi connectivity index (χ1v) is 5.94. The first-order valence-electron chi connectivity index (χ1n) is 5.94. The molecule has 0 fully saturated rings. The van der Waals surface area contributed by atoms with E-state index in [4.69, 9.17) is 19.9 Å². The average molecular weight is 253 g/mol. The summed E-state index contributed by atoms with van der Waals surface area (Å²) in [6.45, 7) is 6.09. The SMILES string of the molecule is COc1cc(C(C)C(C)(C)N)cc(OC)c1OC. The fourth-order valence-corrected chi connectivity index (χ4v) is 1.78. The van der Waals surface area contributed by atoms with E-state index in [1.807, 2.05) is 26.0 Å². The summed E-state index contributed by atoms with van der Waals surface area (Å²) in [5.41, 5.74) is 6.90. The van der Waals surface area contributed by atoms with Gasteiger partial charge in [0.15, 0.2) is 11.5 Å². The van der Waals surface area contributed by atoms with E-state index in [0.717, 1.165) is 5.56 Å². The molecule has 0 spiro atoms. The van der Waals surface area contributed by atoms with E-state index >= 15 is 0 Å². The molecule has 1 atom stereocenters. The molecule has 0 aromatic heterocycles. The van der Waals surface area contributed by atoms with Crippen LogP contribution in [0.4, 0.5) is 0 Å². The second kappa shape index (κ2) is 5.48. The number of rotatable bonds is 5. The number of ether oxygens (including phenoxy) is 3. The molecule has 1 aromatic rings. The van der Waals surface area contributed by atoms with Crippen LogP contribution in [-0.4, -0.2) is 26.9 Å². The predicted molar refractivity (Wildman–Crippen MR) is 72.8 cm³/mol. The van der Waals surface area contributed by atoms with Gasteiger partial charge in [-0.15, -0.1) is 0 Å². The zero-order chi connectivity index (χ0) is 13.9. The number of nitrogens with two attached hydrogens (primary N) is 1. The highest BCUT2D eigenvalue weighted by atomic mass is 16.5. The van der Waals surface area contributed by atoms with E-state index in [2.05, 4.69) is 6.92 Å². The van der Waals surface area contributed by atoms with Gasteiger partial charge in [-0.1, -0.05) is 6.92 Å². The van der Waals surface area contributed by atoms with Crippen molar-refractivity contribution in [1.82, 2.24) is 0 Å². The summed E-state index contributed by atoms with van der Waals surface area (Å²) >= 11 is 0. The van der Waals surface area contributed by atoms with Crippen LogP contribution in [0.5, 0.6) is 17.2 Å². The first kappa shape index (κ1) is 14.6. The van der Waals surface area contributed by atoms with Crippen LogP contribution in [0.1, 0.15) is 32.3 Å². The van der Waals surface area contributed by atoms with E-state index in [0.29, 0.717) is 17.2 Å². The predicted octanol–water partition coefficient (Wildman–Crippen LogP) is 2.55. The molecule has 0 amide bonds. The lowest BCUT2D eigenvalue weighted by Gasteiger charge is -2.28. The molecule has 102 valence electrons. The van der Waals surface area contributed by atoms with Crippen molar-refractivity contribution in [3.8, 4) is 17.2 Å². The Balaban J connectivity index is 3.32. The Morgan fingerprint density at radius 2 is 1.44 bits per heavy atom. The molecule has 0 saturated heterocycles. The normalized spacial score (nSPS) is 13.1. The standard InChI is InChI=1S/C14H23NO3/c1-9(14(2,3)15)10-7-11(16-4)13(18-6)12(8-10)17-5/h7-9H,15H2,1-6H3. The zero-order valence-corrected chi connectivity index (χ0v) is 12.0. The minimum absolute atomic E-state index is 0.172. The van der Waals surface area contributed by atoms with Gasteiger partial charge in [-0.2, -0.15) is 0 Å². The highest BCUT2D eigenvalue weighted by molar-refractivity contribution is 5.54. The lowest BCUT2D eigenvalue weighted by molar-refractivity contribution is 0.322. The molecule has 0 bridgehead atoms. The van der Waals surface area contributed by atoms with Gasteiger partial charge in [0.1, 0.15) is 0 Å². The van der Waals surface area contributed by atoms with Gasteiger partial charge in [0.2, 0.25) is 5.75 Å². The van der Waals surface area contributed by atoms with Crippen LogP contribution < -0.4 is 19.9 Å². The maximum atomic E-state index is 6.15. The van der Waals surface area contributed by atoms with E-state index in [1.165, 1.54) is 0 Å². The second-order valence-electron chi connectivity index (χ2n) is 5.00. The Morgan fingerprint density at radius 3 is 1.72 bits per heavy atom. The van der Waals surface area contributed by atoms with E-state index in [-0.39, 0.29) is 11.5 Å². The third-order valence-corrected chi connectivity index (χ3v) is 3.30. The molecule has 0 heterocycles. The Morgan fingerprint density at radius 1 is 1.00 bits per heavy atom. The fraction of sp³-hybridized carbons (Fsp3) is 0.571. The Labute approximate surface area is 109 Å². The molecule has 1 rings (SSSR count). The Bertz CT molecular complexity index is 385. The van der Waals surface area contributed by atoms with Crippen molar-refractivity contribution >= 4 is 0 Å². The maximum Gasteiger partial charge on any atom is 0.203 e. The van der Waals surface area contributed by atoms with Gasteiger partial charge >= 0.3 is 0 Å². The zero-order valence-electron chi connectivity index (χ0n) is 12.0. The molecule has 1 unspecified atom stereocenters. The number of methoxy groups -OCH3 is 3. The van der Waals surface area contributed by atoms with Gasteiger partial charge in [0, 0.05) is 5.54 Å². The highest BCUT2D eigenvalue weighted by Crippen LogP contribution is 2.41. The fourth-order valence-electron chi connectivity index (χ4n) is 1.78. The quantitative estimate of drug-likeness (QED) is 0.876. The van der Waals surface area contributed by atoms with Crippen molar-refractivity contribution in [2.45, 2.75) is 32.2 Å². The van der Waals surface area contributed by atoms with Crippen molar-refractivity contribution in [3.05, 3.63) is 17.7 Å². The molecule has 0 radical (unpaired) electrons. The molecule has 0 saturated carbocycles. The minimum Gasteiger partial charge on any atom is -0.493 e. The molecular weight excluding hydrogens is 230 g/mol. The number of hydrogen-bond donors (Lipinski definition) is 1. The van der Waals surface area contributed by atoms with Gasteiger partial charge < -0.3 is 19.9 Å². The highest BCUT2D eigenvalue weighted by Gasteiger charge is 2.25. The van der Waals surface area contributed by atoms with Gasteiger partial charge in [0.25, 0.3) is 0 Å². The maximum absolute atomic E-state index is 6.15. The Kier molecular flexibility index (Phi) is 4.46. The number of hydrogen-bond acceptors (Lipinski definition) is 4. The van der Waals surface area contributed by atoms with E-state index in [9.17, 15) is 0 Å². The summed E-state index contributed by atoms with van der Waals surface area (Å²) in [5, 5.41) is 0. The van der Waals surface area contributed by atoms with Crippen LogP contribution in [0.2, 0.25) is 0 Å². The van der Waals surface area contributed by atoms with Gasteiger partial charge in [0.05, 0.1) is 21.3 Å². The van der Waals surface area contributed by atoms with Crippen molar-refractivity contribution in [3.63, 3.8) is 0 Å². The van der Waals surface area contributed by atoms with Crippen LogP contribution in [0.25, 0.3) is 0 Å². The molecule has 0 aliphatic heterocycles. The topological polar surface area (TPSA) is 53.7 Å². The molecular formula is C14H23NO3. The van der Waals surface area contributed by atoms with Crippen LogP contribution in [0, 0.1) is 0 Å². The molecule has 2 N–H and O–H groups in total. The first-order chi connectivity index (χ1) is 8.35. The van der Waals surface area contributed by atoms with E-state index in [1.54, 1.807) is 21.3 Å². The van der Waals surface area contributed by atoms with Crippen LogP contribution in [-0.2, 0) is 0 Å². The van der Waals surface area contributed by atoms with Gasteiger partial charge in [-0.3, -0.25) is 0 Å². The molecule has 4 nitrogen and oxygen atoms in total. The van der Waals surface area contributed by atoms with Crippen LogP contribution >= 0.6 is 0 Å². The molecule has 1 aromatic carbocycles. The minimum atomic E-state index is -0.315. The third-order valence-electron chi connectivity index (χ3n) is 3.30. The summed E-state index contributed by atoms with van der Waals surface area (Å²) in [7, 11) is 4.81. The van der Waals surface area contributed by atoms with Gasteiger partial charge in [-0.25, -0.2) is 0 Å². The third kappa shape index (κ3) is 2.88. The average Bonchev–Trinajstić information content (AvgIpc) is 2.34. The molecule has 4 heteroatoms. The Hall–Kier alpha value is -1.42. The van der Waals surface area contributed by atoms with E-state index < -0.39 is 0 Å². The summed E-state index contributed by atoms with van der Waals surface area (Å²) in [5.74, 6) is 2.09. The molecule has 0 aliphatic carbocycles. The van der Waals surface area contributed by atoms with Crippen LogP contribution in [0.3, 0.4) is 0 Å². The van der Waals surface area contributed by atoms with Crippen molar-refractivity contribution in [2.24, 2.45) is 5.73 Å². The van der Waals surface area contributed by atoms with Crippen molar-refractivity contribution in [1.29, 1.82) is 0 Å². The van der Waals surface area contributed by atoms with Crippen molar-refractivity contribution < 1.29 is 14.2 Å². The number of benzene rings is 1.